The van der Waals surface area contributed by atoms with Crippen LogP contribution in [-0.2, 0) is 0 Å². The number of hydrogen-bond donors (Lipinski definition) is 2. The highest BCUT2D eigenvalue weighted by atomic mass is 16.5. The van der Waals surface area contributed by atoms with Gasteiger partial charge in [-0.2, -0.15) is 0 Å². The minimum absolute atomic E-state index is 0.247. The third kappa shape index (κ3) is 4.96. The first-order valence-electron chi connectivity index (χ1n) is 12.7. The van der Waals surface area contributed by atoms with Crippen LogP contribution in [0.15, 0.2) is 54.7 Å². The quantitative estimate of drug-likeness (QED) is 0.208. The average molecular weight is 572 g/mol. The second-order valence-corrected chi connectivity index (χ2v) is 9.12. The van der Waals surface area contributed by atoms with Gasteiger partial charge in [0.2, 0.25) is 23.1 Å². The third-order valence-electron chi connectivity index (χ3n) is 6.81. The van der Waals surface area contributed by atoms with Crippen LogP contribution in [0, 0.1) is 0 Å². The lowest BCUT2D eigenvalue weighted by molar-refractivity contribution is 0.102. The van der Waals surface area contributed by atoms with Crippen LogP contribution in [0.3, 0.4) is 0 Å². The number of aromatic nitrogens is 3. The van der Waals surface area contributed by atoms with Gasteiger partial charge in [-0.3, -0.25) is 9.59 Å². The molecule has 2 heterocycles. The Balaban J connectivity index is 1.44. The lowest BCUT2D eigenvalue weighted by atomic mass is 10.1. The van der Waals surface area contributed by atoms with Gasteiger partial charge in [0.1, 0.15) is 11.5 Å². The zero-order valence-electron chi connectivity index (χ0n) is 23.9. The van der Waals surface area contributed by atoms with Crippen molar-refractivity contribution < 1.29 is 38.0 Å². The van der Waals surface area contributed by atoms with Crippen molar-refractivity contribution >= 4 is 22.5 Å². The molecule has 3 aromatic carbocycles. The maximum Gasteiger partial charge on any atom is 0.211 e. The molecule has 11 nitrogen and oxygen atoms in total. The van der Waals surface area contributed by atoms with Crippen molar-refractivity contribution in [2.24, 2.45) is 0 Å². The molecule has 0 saturated heterocycles. The number of ether oxygens (including phenoxy) is 6. The number of rotatable bonds is 11. The molecule has 0 aliphatic heterocycles. The van der Waals surface area contributed by atoms with Crippen molar-refractivity contribution in [2.75, 3.05) is 42.7 Å². The van der Waals surface area contributed by atoms with Gasteiger partial charge in [0.25, 0.3) is 0 Å². The molecular formula is C31H29N3O8. The van der Waals surface area contributed by atoms with E-state index in [9.17, 15) is 9.59 Å². The normalized spacial score (nSPS) is 10.8. The summed E-state index contributed by atoms with van der Waals surface area (Å²) >= 11 is 0. The van der Waals surface area contributed by atoms with Gasteiger partial charge in [-0.05, 0) is 48.5 Å². The number of hydrogen-bond acceptors (Lipinski definition) is 9. The van der Waals surface area contributed by atoms with Crippen molar-refractivity contribution in [3.05, 3.63) is 77.2 Å². The number of imidazole rings is 1. The van der Waals surface area contributed by atoms with Gasteiger partial charge in [-0.1, -0.05) is 0 Å². The zero-order chi connectivity index (χ0) is 30.0. The van der Waals surface area contributed by atoms with Crippen molar-refractivity contribution in [3.8, 4) is 45.9 Å². The van der Waals surface area contributed by atoms with E-state index >= 15 is 0 Å². The highest BCUT2D eigenvalue weighted by Gasteiger charge is 2.21. The molecule has 11 heteroatoms. The summed E-state index contributed by atoms with van der Waals surface area (Å²) in [6, 6.07) is 13.7. The monoisotopic (exact) mass is 571 g/mol. The molecule has 0 spiro atoms. The molecule has 0 bridgehead atoms. The summed E-state index contributed by atoms with van der Waals surface area (Å²) in [6.07, 6.45) is 1.47. The topological polar surface area (TPSA) is 134 Å². The number of nitrogens with one attached hydrogen (secondary N) is 2. The molecule has 2 N–H and O–H groups in total. The number of aromatic amines is 2. The van der Waals surface area contributed by atoms with E-state index in [2.05, 4.69) is 15.0 Å². The molecule has 5 rings (SSSR count). The molecule has 2 aromatic heterocycles. The largest absolute Gasteiger partial charge is 0.493 e. The van der Waals surface area contributed by atoms with Gasteiger partial charge < -0.3 is 38.4 Å². The Morgan fingerprint density at radius 3 is 1.57 bits per heavy atom. The molecule has 42 heavy (non-hydrogen) atoms. The minimum Gasteiger partial charge on any atom is -0.493 e. The van der Waals surface area contributed by atoms with Gasteiger partial charge in [-0.25, -0.2) is 4.98 Å². The van der Waals surface area contributed by atoms with Crippen molar-refractivity contribution in [3.63, 3.8) is 0 Å². The first kappa shape index (κ1) is 28.1. The van der Waals surface area contributed by atoms with Crippen molar-refractivity contribution in [1.82, 2.24) is 15.0 Å². The smallest absolute Gasteiger partial charge is 0.211 e. The number of ketones is 2. The van der Waals surface area contributed by atoms with Gasteiger partial charge in [-0.15, -0.1) is 0 Å². The summed E-state index contributed by atoms with van der Waals surface area (Å²) in [6.45, 7) is 0. The predicted molar refractivity (Wildman–Crippen MR) is 155 cm³/mol. The maximum atomic E-state index is 13.4. The number of benzene rings is 3. The van der Waals surface area contributed by atoms with Gasteiger partial charge in [0, 0.05) is 27.6 Å². The Bertz CT molecular complexity index is 1750. The number of fused-ring (bicyclic) bond motifs is 1. The van der Waals surface area contributed by atoms with Crippen LogP contribution in [0.4, 0.5) is 0 Å². The van der Waals surface area contributed by atoms with E-state index in [4.69, 9.17) is 28.4 Å². The second kappa shape index (κ2) is 11.6. The first-order chi connectivity index (χ1) is 20.3. The molecule has 5 aromatic rings. The SMILES string of the molecule is COc1cc(C(=O)c2cnc(-c3ccc4[nH]c(C(=O)c5cc(OC)c(OC)c(OC)c5)cc4c3)[nH]2)cc(OC)c1OC. The van der Waals surface area contributed by atoms with Crippen LogP contribution in [0.25, 0.3) is 22.3 Å². The predicted octanol–water partition coefficient (Wildman–Crippen LogP) is 5.07. The maximum absolute atomic E-state index is 13.4. The summed E-state index contributed by atoms with van der Waals surface area (Å²) in [5.41, 5.74) is 2.88. The van der Waals surface area contributed by atoms with Crippen LogP contribution >= 0.6 is 0 Å². The summed E-state index contributed by atoms with van der Waals surface area (Å²) in [5, 5.41) is 0.789. The fraction of sp³-hybridized carbons (Fsp3) is 0.194. The van der Waals surface area contributed by atoms with E-state index in [1.54, 1.807) is 30.3 Å². The fourth-order valence-corrected chi connectivity index (χ4v) is 4.72. The van der Waals surface area contributed by atoms with Crippen LogP contribution in [0.5, 0.6) is 34.5 Å². The molecule has 0 fully saturated rings. The van der Waals surface area contributed by atoms with E-state index in [0.29, 0.717) is 57.1 Å². The standard InChI is InChI=1S/C31H29N3O8/c1-37-23-11-18(12-24(38-2)29(23)41-5)27(35)21-10-17-9-16(7-8-20(17)33-21)31-32-15-22(34-31)28(36)19-13-25(39-3)30(42-6)26(14-19)40-4/h7-15,33H,1-6H3,(H,32,34). The van der Waals surface area contributed by atoms with Crippen LogP contribution in [0.1, 0.15) is 32.1 Å². The Kier molecular flexibility index (Phi) is 7.74. The summed E-state index contributed by atoms with van der Waals surface area (Å²) in [7, 11) is 8.96. The lowest BCUT2D eigenvalue weighted by Crippen LogP contribution is -2.04. The molecule has 216 valence electrons. The van der Waals surface area contributed by atoms with Crippen molar-refractivity contribution in [1.29, 1.82) is 0 Å². The summed E-state index contributed by atoms with van der Waals surface area (Å²) in [5.74, 6) is 2.25. The van der Waals surface area contributed by atoms with Gasteiger partial charge in [0.15, 0.2) is 23.0 Å². The number of carbonyl (C=O) groups excluding carboxylic acids is 2. The third-order valence-corrected chi connectivity index (χ3v) is 6.81. The Hall–Kier alpha value is -5.45. The molecule has 0 aliphatic rings. The number of H-pyrrole nitrogens is 2. The van der Waals surface area contributed by atoms with Gasteiger partial charge >= 0.3 is 0 Å². The highest BCUT2D eigenvalue weighted by molar-refractivity contribution is 6.11. The van der Waals surface area contributed by atoms with E-state index in [1.165, 1.54) is 48.9 Å². The number of carbonyl (C=O) groups is 2. The van der Waals surface area contributed by atoms with Crippen LogP contribution in [0.2, 0.25) is 0 Å². The zero-order valence-corrected chi connectivity index (χ0v) is 23.9. The van der Waals surface area contributed by atoms with Crippen LogP contribution in [-0.4, -0.2) is 69.2 Å². The molecule has 0 radical (unpaired) electrons. The van der Waals surface area contributed by atoms with Gasteiger partial charge in [0.05, 0.1) is 54.5 Å². The molecule has 0 atom stereocenters. The number of methoxy groups -OCH3 is 6. The lowest BCUT2D eigenvalue weighted by Gasteiger charge is -2.13. The van der Waals surface area contributed by atoms with Crippen molar-refractivity contribution in [2.45, 2.75) is 0 Å². The fourth-order valence-electron chi connectivity index (χ4n) is 4.72. The molecular weight excluding hydrogens is 542 g/mol. The Morgan fingerprint density at radius 1 is 0.595 bits per heavy atom. The average Bonchev–Trinajstić information content (AvgIpc) is 3.70. The molecule has 0 saturated carbocycles. The summed E-state index contributed by atoms with van der Waals surface area (Å²) in [4.78, 5) is 37.4. The van der Waals surface area contributed by atoms with E-state index in [1.807, 2.05) is 18.2 Å². The Labute approximate surface area is 241 Å². The second-order valence-electron chi connectivity index (χ2n) is 9.12. The van der Waals surface area contributed by atoms with E-state index in [-0.39, 0.29) is 17.3 Å². The van der Waals surface area contributed by atoms with E-state index < -0.39 is 0 Å². The minimum atomic E-state index is -0.297. The Morgan fingerprint density at radius 2 is 1.10 bits per heavy atom. The molecule has 0 unspecified atom stereocenters. The number of nitrogens with zero attached hydrogens (tertiary/aromatic N) is 1. The first-order valence-corrected chi connectivity index (χ1v) is 12.7. The van der Waals surface area contributed by atoms with Crippen LogP contribution < -0.4 is 28.4 Å². The molecule has 0 amide bonds. The summed E-state index contributed by atoms with van der Waals surface area (Å²) < 4.78 is 32.2. The molecule has 0 aliphatic carbocycles. The van der Waals surface area contributed by atoms with E-state index in [0.717, 1.165) is 16.5 Å². The highest BCUT2D eigenvalue weighted by Crippen LogP contribution is 2.40.